The minimum atomic E-state index is 0.0617. The predicted molar refractivity (Wildman–Crippen MR) is 102 cm³/mol. The Morgan fingerprint density at radius 1 is 0.875 bits per heavy atom. The van der Waals surface area contributed by atoms with E-state index >= 15 is 0 Å². The average molecular weight is 326 g/mol. The van der Waals surface area contributed by atoms with Crippen molar-refractivity contribution in [3.8, 4) is 5.75 Å². The molecule has 0 aliphatic heterocycles. The maximum atomic E-state index is 11.9. The molecule has 2 nitrogen and oxygen atoms in total. The summed E-state index contributed by atoms with van der Waals surface area (Å²) in [5, 5.41) is 2.15. The number of carbonyl (C=O) groups excluding carboxylic acids is 1. The van der Waals surface area contributed by atoms with Gasteiger partial charge in [-0.25, -0.2) is 0 Å². The van der Waals surface area contributed by atoms with Crippen LogP contribution >= 0.6 is 0 Å². The normalized spacial score (nSPS) is 10.9. The summed E-state index contributed by atoms with van der Waals surface area (Å²) in [5.41, 5.74) is 0.688. The van der Waals surface area contributed by atoms with Crippen molar-refractivity contribution in [3.63, 3.8) is 0 Å². The van der Waals surface area contributed by atoms with Gasteiger partial charge in [-0.2, -0.15) is 0 Å². The van der Waals surface area contributed by atoms with Crippen LogP contribution in [0.3, 0.4) is 0 Å². The Kier molecular flexibility index (Phi) is 7.81. The predicted octanol–water partition coefficient (Wildman–Crippen LogP) is 6.56. The second-order valence-corrected chi connectivity index (χ2v) is 6.54. The van der Waals surface area contributed by atoms with Gasteiger partial charge in [0.05, 0.1) is 12.2 Å². The molecule has 24 heavy (non-hydrogen) atoms. The van der Waals surface area contributed by atoms with Crippen LogP contribution in [0.25, 0.3) is 10.8 Å². The lowest BCUT2D eigenvalue weighted by molar-refractivity contribution is 0.101. The number of fused-ring (bicyclic) bond motifs is 1. The van der Waals surface area contributed by atoms with Gasteiger partial charge in [-0.1, -0.05) is 82.2 Å². The van der Waals surface area contributed by atoms with Crippen molar-refractivity contribution in [1.82, 2.24) is 0 Å². The first kappa shape index (κ1) is 18.5. The molecular formula is C22H30O2. The van der Waals surface area contributed by atoms with Crippen LogP contribution in [0.5, 0.6) is 5.75 Å². The fraction of sp³-hybridized carbons (Fsp3) is 0.500. The van der Waals surface area contributed by atoms with Gasteiger partial charge < -0.3 is 4.74 Å². The first-order chi connectivity index (χ1) is 11.7. The number of Topliss-reactive ketones (excluding diaryl/α,β-unsaturated/α-hetero) is 1. The van der Waals surface area contributed by atoms with Crippen LogP contribution < -0.4 is 4.74 Å². The largest absolute Gasteiger partial charge is 0.492 e. The van der Waals surface area contributed by atoms with E-state index in [0.717, 1.165) is 22.9 Å². The van der Waals surface area contributed by atoms with Crippen molar-refractivity contribution in [2.24, 2.45) is 0 Å². The minimum absolute atomic E-state index is 0.0617. The molecule has 0 spiro atoms. The highest BCUT2D eigenvalue weighted by Gasteiger charge is 2.12. The standard InChI is InChI=1S/C22H30O2/c1-3-4-5-6-7-8-9-12-17-24-22-20(18(2)23)16-15-19-13-10-11-14-21(19)22/h10-11,13-16H,3-9,12,17H2,1-2H3. The van der Waals surface area contributed by atoms with Gasteiger partial charge in [0.15, 0.2) is 5.78 Å². The lowest BCUT2D eigenvalue weighted by Gasteiger charge is -2.13. The summed E-state index contributed by atoms with van der Waals surface area (Å²) in [5.74, 6) is 0.815. The molecule has 130 valence electrons. The molecule has 0 fully saturated rings. The molecule has 2 aromatic rings. The summed E-state index contributed by atoms with van der Waals surface area (Å²) in [6, 6.07) is 12.0. The minimum Gasteiger partial charge on any atom is -0.492 e. The van der Waals surface area contributed by atoms with E-state index in [4.69, 9.17) is 4.74 Å². The molecule has 0 N–H and O–H groups in total. The van der Waals surface area contributed by atoms with Gasteiger partial charge in [-0.05, 0) is 24.8 Å². The third-order valence-corrected chi connectivity index (χ3v) is 4.50. The van der Waals surface area contributed by atoms with Crippen LogP contribution in [-0.2, 0) is 0 Å². The van der Waals surface area contributed by atoms with Gasteiger partial charge in [-0.3, -0.25) is 4.79 Å². The summed E-state index contributed by atoms with van der Waals surface area (Å²) in [7, 11) is 0. The number of unbranched alkanes of at least 4 members (excludes halogenated alkanes) is 7. The molecule has 0 atom stereocenters. The molecule has 0 aliphatic carbocycles. The Bertz CT molecular complexity index is 645. The molecule has 0 saturated heterocycles. The molecule has 2 aromatic carbocycles. The summed E-state index contributed by atoms with van der Waals surface area (Å²) in [6.45, 7) is 4.54. The molecule has 0 radical (unpaired) electrons. The Labute approximate surface area is 146 Å². The van der Waals surface area contributed by atoms with E-state index in [0.29, 0.717) is 12.2 Å². The number of hydrogen-bond donors (Lipinski definition) is 0. The van der Waals surface area contributed by atoms with Crippen LogP contribution in [-0.4, -0.2) is 12.4 Å². The topological polar surface area (TPSA) is 26.3 Å². The van der Waals surface area contributed by atoms with Gasteiger partial charge >= 0.3 is 0 Å². The number of hydrogen-bond acceptors (Lipinski definition) is 2. The van der Waals surface area contributed by atoms with E-state index in [1.54, 1.807) is 6.92 Å². The number of carbonyl (C=O) groups is 1. The molecule has 0 unspecified atom stereocenters. The molecule has 0 aromatic heterocycles. The van der Waals surface area contributed by atoms with Crippen molar-refractivity contribution in [3.05, 3.63) is 42.0 Å². The van der Waals surface area contributed by atoms with Crippen molar-refractivity contribution in [2.75, 3.05) is 6.61 Å². The van der Waals surface area contributed by atoms with Crippen LogP contribution in [0.1, 0.15) is 75.6 Å². The van der Waals surface area contributed by atoms with E-state index in [2.05, 4.69) is 13.0 Å². The summed E-state index contributed by atoms with van der Waals surface area (Å²) in [6.07, 6.45) is 10.2. The number of ketones is 1. The Balaban J connectivity index is 1.85. The smallest absolute Gasteiger partial charge is 0.163 e. The van der Waals surface area contributed by atoms with Crippen LogP contribution in [0, 0.1) is 0 Å². The zero-order valence-corrected chi connectivity index (χ0v) is 15.1. The second-order valence-electron chi connectivity index (χ2n) is 6.54. The summed E-state index contributed by atoms with van der Waals surface area (Å²) < 4.78 is 6.04. The van der Waals surface area contributed by atoms with E-state index in [1.165, 1.54) is 44.9 Å². The highest BCUT2D eigenvalue weighted by molar-refractivity contribution is 6.03. The van der Waals surface area contributed by atoms with Crippen LogP contribution in [0.2, 0.25) is 0 Å². The lowest BCUT2D eigenvalue weighted by Crippen LogP contribution is -2.03. The van der Waals surface area contributed by atoms with Crippen molar-refractivity contribution in [1.29, 1.82) is 0 Å². The zero-order chi connectivity index (χ0) is 17.2. The van der Waals surface area contributed by atoms with Crippen molar-refractivity contribution in [2.45, 2.75) is 65.2 Å². The highest BCUT2D eigenvalue weighted by atomic mass is 16.5. The van der Waals surface area contributed by atoms with Crippen molar-refractivity contribution >= 4 is 16.6 Å². The third kappa shape index (κ3) is 5.36. The molecule has 2 rings (SSSR count). The molecule has 0 bridgehead atoms. The van der Waals surface area contributed by atoms with E-state index in [1.807, 2.05) is 30.3 Å². The fourth-order valence-corrected chi connectivity index (χ4v) is 3.09. The van der Waals surface area contributed by atoms with Crippen LogP contribution in [0.15, 0.2) is 36.4 Å². The number of ether oxygens (including phenoxy) is 1. The average Bonchev–Trinajstić information content (AvgIpc) is 2.60. The Hall–Kier alpha value is -1.83. The Morgan fingerprint density at radius 2 is 1.54 bits per heavy atom. The summed E-state index contributed by atoms with van der Waals surface area (Å²) >= 11 is 0. The van der Waals surface area contributed by atoms with Crippen LogP contribution in [0.4, 0.5) is 0 Å². The highest BCUT2D eigenvalue weighted by Crippen LogP contribution is 2.30. The monoisotopic (exact) mass is 326 g/mol. The van der Waals surface area contributed by atoms with Gasteiger partial charge in [0.25, 0.3) is 0 Å². The molecule has 0 saturated carbocycles. The van der Waals surface area contributed by atoms with Gasteiger partial charge in [0.1, 0.15) is 5.75 Å². The zero-order valence-electron chi connectivity index (χ0n) is 15.1. The molecular weight excluding hydrogens is 296 g/mol. The second kappa shape index (κ2) is 10.1. The van der Waals surface area contributed by atoms with E-state index in [-0.39, 0.29) is 5.78 Å². The van der Waals surface area contributed by atoms with Gasteiger partial charge in [0.2, 0.25) is 0 Å². The molecule has 0 heterocycles. The van der Waals surface area contributed by atoms with Gasteiger partial charge in [-0.15, -0.1) is 0 Å². The fourth-order valence-electron chi connectivity index (χ4n) is 3.09. The first-order valence-electron chi connectivity index (χ1n) is 9.39. The quantitative estimate of drug-likeness (QED) is 0.345. The first-order valence-corrected chi connectivity index (χ1v) is 9.39. The molecule has 0 aliphatic rings. The van der Waals surface area contributed by atoms with Gasteiger partial charge in [0, 0.05) is 5.39 Å². The SMILES string of the molecule is CCCCCCCCCCOc1c(C(C)=O)ccc2ccccc12. The molecule has 0 amide bonds. The lowest BCUT2D eigenvalue weighted by atomic mass is 10.0. The molecule has 2 heteroatoms. The number of benzene rings is 2. The van der Waals surface area contributed by atoms with E-state index < -0.39 is 0 Å². The third-order valence-electron chi connectivity index (χ3n) is 4.50. The maximum Gasteiger partial charge on any atom is 0.163 e. The maximum absolute atomic E-state index is 11.9. The van der Waals surface area contributed by atoms with E-state index in [9.17, 15) is 4.79 Å². The Morgan fingerprint density at radius 3 is 2.25 bits per heavy atom. The number of rotatable bonds is 11. The van der Waals surface area contributed by atoms with Crippen molar-refractivity contribution < 1.29 is 9.53 Å². The summed E-state index contributed by atoms with van der Waals surface area (Å²) in [4.78, 5) is 11.9.